The van der Waals surface area contributed by atoms with Gasteiger partial charge in [-0.05, 0) is 43.2 Å². The molecule has 2 aliphatic rings. The van der Waals surface area contributed by atoms with Crippen LogP contribution in [0.5, 0.6) is 0 Å². The second-order valence-electron chi connectivity index (χ2n) is 7.56. The molecule has 0 saturated carbocycles. The van der Waals surface area contributed by atoms with E-state index >= 15 is 0 Å². The molecule has 7 nitrogen and oxygen atoms in total. The van der Waals surface area contributed by atoms with E-state index in [9.17, 15) is 9.59 Å². The Balaban J connectivity index is 1.38. The molecule has 148 valence electrons. The van der Waals surface area contributed by atoms with E-state index in [0.29, 0.717) is 13.1 Å². The molecule has 2 fully saturated rings. The molecule has 0 spiro atoms. The maximum absolute atomic E-state index is 13.4. The van der Waals surface area contributed by atoms with Crippen molar-refractivity contribution in [1.29, 1.82) is 0 Å². The van der Waals surface area contributed by atoms with E-state index in [1.165, 1.54) is 0 Å². The molecule has 2 unspecified atom stereocenters. The van der Waals surface area contributed by atoms with Gasteiger partial charge in [-0.2, -0.15) is 0 Å². The Morgan fingerprint density at radius 3 is 2.90 bits per heavy atom. The molecule has 0 N–H and O–H groups in total. The molecular weight excluding hydrogens is 434 g/mol. The molecule has 2 atom stereocenters. The lowest BCUT2D eigenvalue weighted by Crippen LogP contribution is -2.37. The zero-order valence-electron chi connectivity index (χ0n) is 15.7. The lowest BCUT2D eigenvalue weighted by atomic mass is 10.1. The molecule has 8 heteroatoms. The molecular formula is C21H20BrN5O2. The van der Waals surface area contributed by atoms with Crippen LogP contribution in [0.3, 0.4) is 0 Å². The Morgan fingerprint density at radius 2 is 2.03 bits per heavy atom. The molecule has 0 radical (unpaired) electrons. The largest absolute Gasteiger partial charge is 0.332 e. The first-order valence-electron chi connectivity index (χ1n) is 9.78. The minimum atomic E-state index is -0.332. The van der Waals surface area contributed by atoms with Gasteiger partial charge in [0, 0.05) is 35.9 Å². The van der Waals surface area contributed by atoms with Crippen LogP contribution in [0.25, 0.3) is 5.65 Å². The Kier molecular flexibility index (Phi) is 4.58. The highest BCUT2D eigenvalue weighted by Crippen LogP contribution is 2.35. The topological polar surface area (TPSA) is 70.8 Å². The Morgan fingerprint density at radius 1 is 1.14 bits per heavy atom. The number of likely N-dealkylation sites (tertiary alicyclic amines) is 1. The second kappa shape index (κ2) is 7.26. The van der Waals surface area contributed by atoms with Crippen LogP contribution in [0, 0.1) is 5.92 Å². The number of amides is 2. The number of aromatic nitrogens is 3. The van der Waals surface area contributed by atoms with E-state index in [4.69, 9.17) is 0 Å². The first kappa shape index (κ1) is 18.3. The minimum absolute atomic E-state index is 0.00914. The highest BCUT2D eigenvalue weighted by Gasteiger charge is 2.41. The summed E-state index contributed by atoms with van der Waals surface area (Å²) in [6.45, 7) is 1.10. The number of hydrogen-bond donors (Lipinski definition) is 0. The molecule has 2 saturated heterocycles. The van der Waals surface area contributed by atoms with Gasteiger partial charge in [0.25, 0.3) is 0 Å². The van der Waals surface area contributed by atoms with Gasteiger partial charge in [0.1, 0.15) is 0 Å². The van der Waals surface area contributed by atoms with Gasteiger partial charge >= 0.3 is 0 Å². The summed E-state index contributed by atoms with van der Waals surface area (Å²) < 4.78 is 2.86. The van der Waals surface area contributed by atoms with Crippen LogP contribution in [0.2, 0.25) is 0 Å². The van der Waals surface area contributed by atoms with Crippen molar-refractivity contribution < 1.29 is 9.59 Å². The van der Waals surface area contributed by atoms with Gasteiger partial charge in [0.15, 0.2) is 11.5 Å². The highest BCUT2D eigenvalue weighted by molar-refractivity contribution is 9.10. The molecule has 0 bridgehead atoms. The van der Waals surface area contributed by atoms with E-state index in [-0.39, 0.29) is 30.2 Å². The van der Waals surface area contributed by atoms with Crippen LogP contribution in [-0.2, 0) is 9.59 Å². The first-order valence-corrected chi connectivity index (χ1v) is 10.6. The van der Waals surface area contributed by atoms with Gasteiger partial charge in [0.2, 0.25) is 11.8 Å². The van der Waals surface area contributed by atoms with E-state index in [1.54, 1.807) is 4.90 Å². The molecule has 5 rings (SSSR count). The number of fused-ring (bicyclic) bond motifs is 1. The number of anilines is 1. The molecule has 2 aliphatic heterocycles. The zero-order valence-corrected chi connectivity index (χ0v) is 17.3. The van der Waals surface area contributed by atoms with Crippen molar-refractivity contribution in [1.82, 2.24) is 19.5 Å². The molecule has 0 aliphatic carbocycles. The maximum atomic E-state index is 13.4. The summed E-state index contributed by atoms with van der Waals surface area (Å²) in [6, 6.07) is 13.3. The lowest BCUT2D eigenvalue weighted by Gasteiger charge is -2.26. The van der Waals surface area contributed by atoms with E-state index in [2.05, 4.69) is 26.1 Å². The SMILES string of the molecule is O=C1CC(C(=O)N2CCCC2c2nnc3ccccn23)CN1c1cccc(Br)c1. The van der Waals surface area contributed by atoms with Crippen molar-refractivity contribution >= 4 is 39.1 Å². The van der Waals surface area contributed by atoms with Gasteiger partial charge in [-0.3, -0.25) is 14.0 Å². The van der Waals surface area contributed by atoms with Gasteiger partial charge in [-0.25, -0.2) is 0 Å². The number of carbonyl (C=O) groups excluding carboxylic acids is 2. The fraction of sp³-hybridized carbons (Fsp3) is 0.333. The van der Waals surface area contributed by atoms with Gasteiger partial charge < -0.3 is 9.80 Å². The van der Waals surface area contributed by atoms with Crippen molar-refractivity contribution in [3.63, 3.8) is 0 Å². The Hall–Kier alpha value is -2.74. The van der Waals surface area contributed by atoms with Crippen LogP contribution >= 0.6 is 15.9 Å². The summed E-state index contributed by atoms with van der Waals surface area (Å²) >= 11 is 3.45. The highest BCUT2D eigenvalue weighted by atomic mass is 79.9. The average molecular weight is 454 g/mol. The first-order chi connectivity index (χ1) is 14.1. The molecule has 29 heavy (non-hydrogen) atoms. The summed E-state index contributed by atoms with van der Waals surface area (Å²) in [5, 5.41) is 8.60. The summed E-state index contributed by atoms with van der Waals surface area (Å²) in [6.07, 6.45) is 3.96. The minimum Gasteiger partial charge on any atom is -0.332 e. The Bertz CT molecular complexity index is 1100. The molecule has 4 heterocycles. The van der Waals surface area contributed by atoms with Crippen LogP contribution in [0.1, 0.15) is 31.1 Å². The monoisotopic (exact) mass is 453 g/mol. The summed E-state index contributed by atoms with van der Waals surface area (Å²) in [5.41, 5.74) is 1.60. The fourth-order valence-corrected chi connectivity index (χ4v) is 4.77. The third kappa shape index (κ3) is 3.21. The lowest BCUT2D eigenvalue weighted by molar-refractivity contribution is -0.136. The second-order valence-corrected chi connectivity index (χ2v) is 8.48. The standard InChI is InChI=1S/C21H20BrN5O2/c22-15-5-3-6-16(12-15)27-13-14(11-19(27)28)21(29)25-10-4-7-17(25)20-24-23-18-8-1-2-9-26(18)20/h1-3,5-6,8-9,12,14,17H,4,7,10-11,13H2. The van der Waals surface area contributed by atoms with Crippen molar-refractivity contribution in [3.8, 4) is 0 Å². The van der Waals surface area contributed by atoms with Crippen LogP contribution in [0.4, 0.5) is 5.69 Å². The van der Waals surface area contributed by atoms with Gasteiger partial charge in [0.05, 0.1) is 12.0 Å². The van der Waals surface area contributed by atoms with Crippen molar-refractivity contribution in [2.75, 3.05) is 18.0 Å². The van der Waals surface area contributed by atoms with Crippen molar-refractivity contribution in [2.24, 2.45) is 5.92 Å². The fourth-order valence-electron chi connectivity index (χ4n) is 4.39. The maximum Gasteiger partial charge on any atom is 0.228 e. The number of benzene rings is 1. The smallest absolute Gasteiger partial charge is 0.228 e. The number of rotatable bonds is 3. The predicted molar refractivity (Wildman–Crippen MR) is 111 cm³/mol. The van der Waals surface area contributed by atoms with Crippen LogP contribution < -0.4 is 4.90 Å². The van der Waals surface area contributed by atoms with Crippen molar-refractivity contribution in [2.45, 2.75) is 25.3 Å². The van der Waals surface area contributed by atoms with E-state index in [0.717, 1.165) is 34.5 Å². The Labute approximate surface area is 176 Å². The van der Waals surface area contributed by atoms with Crippen LogP contribution in [-0.4, -0.2) is 44.4 Å². The van der Waals surface area contributed by atoms with E-state index in [1.807, 2.05) is 58.0 Å². The van der Waals surface area contributed by atoms with E-state index < -0.39 is 0 Å². The average Bonchev–Trinajstić information content (AvgIpc) is 3.45. The third-order valence-electron chi connectivity index (χ3n) is 5.77. The number of carbonyl (C=O) groups is 2. The number of pyridine rings is 1. The summed E-state index contributed by atoms with van der Waals surface area (Å²) in [5.74, 6) is 0.483. The number of hydrogen-bond acceptors (Lipinski definition) is 4. The van der Waals surface area contributed by atoms with Crippen molar-refractivity contribution in [3.05, 3.63) is 59.0 Å². The molecule has 2 aromatic heterocycles. The summed E-state index contributed by atoms with van der Waals surface area (Å²) in [4.78, 5) is 29.6. The third-order valence-corrected chi connectivity index (χ3v) is 6.26. The number of nitrogens with zero attached hydrogens (tertiary/aromatic N) is 5. The molecule has 2 amide bonds. The number of halogens is 1. The quantitative estimate of drug-likeness (QED) is 0.610. The van der Waals surface area contributed by atoms with Gasteiger partial charge in [-0.15, -0.1) is 10.2 Å². The normalized spacial score (nSPS) is 22.0. The zero-order chi connectivity index (χ0) is 20.0. The van der Waals surface area contributed by atoms with Gasteiger partial charge in [-0.1, -0.05) is 28.1 Å². The predicted octanol–water partition coefficient (Wildman–Crippen LogP) is 3.21. The molecule has 1 aromatic carbocycles. The summed E-state index contributed by atoms with van der Waals surface area (Å²) in [7, 11) is 0. The van der Waals surface area contributed by atoms with Crippen LogP contribution in [0.15, 0.2) is 53.1 Å². The molecule has 3 aromatic rings.